The van der Waals surface area contributed by atoms with Crippen LogP contribution in [0.5, 0.6) is 0 Å². The SMILES string of the molecule is Cl.O=S(=O)(CC1CCCCN1)c1ccc(Cl)nn1. The van der Waals surface area contributed by atoms with E-state index in [2.05, 4.69) is 15.5 Å². The minimum Gasteiger partial charge on any atom is -0.313 e. The van der Waals surface area contributed by atoms with Crippen LogP contribution in [0.4, 0.5) is 0 Å². The standard InChI is InChI=1S/C10H14ClN3O2S.ClH/c11-9-4-5-10(14-13-9)17(15,16)7-8-3-1-2-6-12-8;/h4-5,8,12H,1-3,6-7H2;1H. The molecule has 0 aliphatic carbocycles. The number of hydrogen-bond donors (Lipinski definition) is 1. The molecular formula is C10H15Cl2N3O2S. The van der Waals surface area contributed by atoms with E-state index in [1.54, 1.807) is 0 Å². The summed E-state index contributed by atoms with van der Waals surface area (Å²) in [7, 11) is -3.37. The largest absolute Gasteiger partial charge is 0.313 e. The van der Waals surface area contributed by atoms with Crippen LogP contribution in [0.15, 0.2) is 17.2 Å². The van der Waals surface area contributed by atoms with Crippen molar-refractivity contribution in [2.45, 2.75) is 30.3 Å². The molecule has 1 unspecified atom stereocenters. The lowest BCUT2D eigenvalue weighted by Gasteiger charge is -2.22. The van der Waals surface area contributed by atoms with Crippen LogP contribution >= 0.6 is 24.0 Å². The Morgan fingerprint density at radius 2 is 2.11 bits per heavy atom. The minimum atomic E-state index is -3.37. The molecule has 0 bridgehead atoms. The van der Waals surface area contributed by atoms with Gasteiger partial charge in [-0.25, -0.2) is 8.42 Å². The van der Waals surface area contributed by atoms with Crippen molar-refractivity contribution in [3.63, 3.8) is 0 Å². The molecule has 0 amide bonds. The molecule has 2 heterocycles. The molecule has 0 aromatic carbocycles. The third-order valence-corrected chi connectivity index (χ3v) is 4.66. The van der Waals surface area contributed by atoms with Gasteiger partial charge in [-0.3, -0.25) is 0 Å². The first kappa shape index (κ1) is 15.6. The van der Waals surface area contributed by atoms with Gasteiger partial charge in [0.1, 0.15) is 0 Å². The number of nitrogens with one attached hydrogen (secondary N) is 1. The van der Waals surface area contributed by atoms with Gasteiger partial charge >= 0.3 is 0 Å². The third kappa shape index (κ3) is 4.05. The van der Waals surface area contributed by atoms with Crippen LogP contribution in [0.2, 0.25) is 5.15 Å². The van der Waals surface area contributed by atoms with Gasteiger partial charge in [-0.1, -0.05) is 18.0 Å². The van der Waals surface area contributed by atoms with E-state index in [1.807, 2.05) is 0 Å². The van der Waals surface area contributed by atoms with E-state index < -0.39 is 9.84 Å². The molecule has 1 atom stereocenters. The fourth-order valence-corrected chi connectivity index (χ4v) is 3.41. The zero-order chi connectivity index (χ0) is 12.3. The van der Waals surface area contributed by atoms with Crippen LogP contribution in [-0.4, -0.2) is 37.0 Å². The van der Waals surface area contributed by atoms with Crippen LogP contribution in [0, 0.1) is 0 Å². The summed E-state index contributed by atoms with van der Waals surface area (Å²) in [6.45, 7) is 0.881. The highest BCUT2D eigenvalue weighted by atomic mass is 35.5. The Morgan fingerprint density at radius 3 is 2.67 bits per heavy atom. The van der Waals surface area contributed by atoms with E-state index in [4.69, 9.17) is 11.6 Å². The molecule has 1 fully saturated rings. The first-order valence-electron chi connectivity index (χ1n) is 5.53. The van der Waals surface area contributed by atoms with Gasteiger partial charge in [0.15, 0.2) is 20.0 Å². The maximum absolute atomic E-state index is 12.0. The third-order valence-electron chi connectivity index (χ3n) is 2.76. The summed E-state index contributed by atoms with van der Waals surface area (Å²) in [4.78, 5) is 0. The lowest BCUT2D eigenvalue weighted by atomic mass is 10.1. The van der Waals surface area contributed by atoms with E-state index in [0.717, 1.165) is 25.8 Å². The van der Waals surface area contributed by atoms with Crippen LogP contribution in [-0.2, 0) is 9.84 Å². The first-order chi connectivity index (χ1) is 8.08. The summed E-state index contributed by atoms with van der Waals surface area (Å²) >= 11 is 5.57. The fourth-order valence-electron chi connectivity index (χ4n) is 1.89. The summed E-state index contributed by atoms with van der Waals surface area (Å²) in [5.41, 5.74) is 0. The number of piperidine rings is 1. The van der Waals surface area contributed by atoms with Crippen molar-refractivity contribution in [3.05, 3.63) is 17.3 Å². The summed E-state index contributed by atoms with van der Waals surface area (Å²) in [5.74, 6) is 0.0727. The van der Waals surface area contributed by atoms with Crippen molar-refractivity contribution in [1.29, 1.82) is 0 Å². The maximum atomic E-state index is 12.0. The minimum absolute atomic E-state index is 0. The molecule has 1 aromatic rings. The molecular weight excluding hydrogens is 297 g/mol. The molecule has 1 N–H and O–H groups in total. The quantitative estimate of drug-likeness (QED) is 0.915. The number of hydrogen-bond acceptors (Lipinski definition) is 5. The van der Waals surface area contributed by atoms with E-state index in [-0.39, 0.29) is 34.4 Å². The summed E-state index contributed by atoms with van der Waals surface area (Å²) < 4.78 is 24.1. The Labute approximate surface area is 118 Å². The zero-order valence-corrected chi connectivity index (χ0v) is 12.1. The van der Waals surface area contributed by atoms with Crippen molar-refractivity contribution >= 4 is 33.8 Å². The van der Waals surface area contributed by atoms with Gasteiger partial charge in [0.2, 0.25) is 0 Å². The van der Waals surface area contributed by atoms with Gasteiger partial charge in [0, 0.05) is 6.04 Å². The van der Waals surface area contributed by atoms with Gasteiger partial charge in [-0.2, -0.15) is 0 Å². The smallest absolute Gasteiger partial charge is 0.198 e. The second kappa shape index (κ2) is 6.65. The fraction of sp³-hybridized carbons (Fsp3) is 0.600. The average Bonchev–Trinajstić information content (AvgIpc) is 2.30. The van der Waals surface area contributed by atoms with Crippen LogP contribution in [0.1, 0.15) is 19.3 Å². The highest BCUT2D eigenvalue weighted by Gasteiger charge is 2.23. The number of sulfone groups is 1. The molecule has 102 valence electrons. The first-order valence-corrected chi connectivity index (χ1v) is 7.56. The second-order valence-corrected chi connectivity index (χ2v) is 6.49. The molecule has 0 saturated carbocycles. The molecule has 18 heavy (non-hydrogen) atoms. The molecule has 1 aliphatic rings. The molecule has 2 rings (SSSR count). The lowest BCUT2D eigenvalue weighted by Crippen LogP contribution is -2.39. The number of nitrogens with zero attached hydrogens (tertiary/aromatic N) is 2. The Balaban J connectivity index is 0.00000162. The van der Waals surface area contributed by atoms with Crippen molar-refractivity contribution in [3.8, 4) is 0 Å². The van der Waals surface area contributed by atoms with Crippen molar-refractivity contribution in [2.75, 3.05) is 12.3 Å². The van der Waals surface area contributed by atoms with Gasteiger partial charge in [-0.05, 0) is 31.5 Å². The Kier molecular flexibility index (Phi) is 5.78. The van der Waals surface area contributed by atoms with Crippen molar-refractivity contribution < 1.29 is 8.42 Å². The molecule has 1 aromatic heterocycles. The molecule has 1 saturated heterocycles. The summed E-state index contributed by atoms with van der Waals surface area (Å²) in [5, 5.41) is 10.6. The average molecular weight is 312 g/mol. The predicted octanol–water partition coefficient (Wildman–Crippen LogP) is 1.47. The van der Waals surface area contributed by atoms with Gasteiger partial charge in [-0.15, -0.1) is 22.6 Å². The van der Waals surface area contributed by atoms with E-state index in [9.17, 15) is 8.42 Å². The molecule has 8 heteroatoms. The van der Waals surface area contributed by atoms with Crippen LogP contribution in [0.25, 0.3) is 0 Å². The highest BCUT2D eigenvalue weighted by Crippen LogP contribution is 2.14. The summed E-state index contributed by atoms with van der Waals surface area (Å²) in [6, 6.07) is 2.86. The number of aromatic nitrogens is 2. The summed E-state index contributed by atoms with van der Waals surface area (Å²) in [6.07, 6.45) is 3.07. The predicted molar refractivity (Wildman–Crippen MR) is 72.0 cm³/mol. The Hall–Kier alpha value is -0.430. The number of rotatable bonds is 3. The van der Waals surface area contributed by atoms with E-state index in [0.29, 0.717) is 0 Å². The van der Waals surface area contributed by atoms with Crippen molar-refractivity contribution in [1.82, 2.24) is 15.5 Å². The zero-order valence-electron chi connectivity index (χ0n) is 9.67. The highest BCUT2D eigenvalue weighted by molar-refractivity contribution is 7.91. The Bertz CT molecular complexity index is 472. The second-order valence-electron chi connectivity index (χ2n) is 4.12. The van der Waals surface area contributed by atoms with E-state index in [1.165, 1.54) is 12.1 Å². The lowest BCUT2D eigenvalue weighted by molar-refractivity contribution is 0.423. The van der Waals surface area contributed by atoms with Gasteiger partial charge < -0.3 is 5.32 Å². The topological polar surface area (TPSA) is 72.0 Å². The van der Waals surface area contributed by atoms with Gasteiger partial charge in [0.25, 0.3) is 0 Å². The van der Waals surface area contributed by atoms with Crippen LogP contribution in [0.3, 0.4) is 0 Å². The molecule has 0 spiro atoms. The normalized spacial score (nSPS) is 20.2. The van der Waals surface area contributed by atoms with E-state index >= 15 is 0 Å². The Morgan fingerprint density at radius 1 is 1.33 bits per heavy atom. The van der Waals surface area contributed by atoms with Crippen LogP contribution < -0.4 is 5.32 Å². The van der Waals surface area contributed by atoms with Crippen molar-refractivity contribution in [2.24, 2.45) is 0 Å². The molecule has 5 nitrogen and oxygen atoms in total. The molecule has 1 aliphatic heterocycles. The monoisotopic (exact) mass is 311 g/mol. The maximum Gasteiger partial charge on any atom is 0.198 e. The number of halogens is 2. The van der Waals surface area contributed by atoms with Gasteiger partial charge in [0.05, 0.1) is 5.75 Å². The molecule has 0 radical (unpaired) electrons.